The molecule has 1 aromatic rings. The number of hydrogen-bond donors (Lipinski definition) is 1. The number of hydrogen-bond acceptors (Lipinski definition) is 4. The minimum atomic E-state index is -3.64. The molecule has 136 valence electrons. The zero-order valence-electron chi connectivity index (χ0n) is 15.2. The lowest BCUT2D eigenvalue weighted by atomic mass is 10.1. The summed E-state index contributed by atoms with van der Waals surface area (Å²) in [5, 5.41) is 2.90. The van der Waals surface area contributed by atoms with Gasteiger partial charge in [-0.15, -0.1) is 0 Å². The van der Waals surface area contributed by atoms with Crippen LogP contribution in [0.1, 0.15) is 34.1 Å². The van der Waals surface area contributed by atoms with Crippen LogP contribution in [0.4, 0.5) is 5.69 Å². The highest BCUT2D eigenvalue weighted by atomic mass is 32.2. The van der Waals surface area contributed by atoms with Crippen molar-refractivity contribution in [3.63, 3.8) is 0 Å². The first-order valence-corrected chi connectivity index (χ1v) is 9.90. The van der Waals surface area contributed by atoms with Crippen molar-refractivity contribution in [2.24, 2.45) is 5.92 Å². The molecule has 1 aromatic carbocycles. The quantitative estimate of drug-likeness (QED) is 0.776. The molecular formula is C17H28N2O4S. The maximum Gasteiger partial charge on any atom is 0.244 e. The number of methoxy groups -OCH3 is 1. The summed E-state index contributed by atoms with van der Waals surface area (Å²) in [6, 6.07) is 5.85. The molecule has 1 amide bonds. The zero-order chi connectivity index (χ0) is 18.5. The summed E-state index contributed by atoms with van der Waals surface area (Å²) < 4.78 is 31.1. The number of amides is 1. The molecular weight excluding hydrogens is 328 g/mol. The number of ether oxygens (including phenoxy) is 1. The molecule has 0 aromatic heterocycles. The van der Waals surface area contributed by atoms with Gasteiger partial charge in [-0.1, -0.05) is 26.8 Å². The average molecular weight is 356 g/mol. The number of nitrogens with zero attached hydrogens (tertiary/aromatic N) is 1. The van der Waals surface area contributed by atoms with E-state index in [0.717, 1.165) is 10.6 Å². The Morgan fingerprint density at radius 3 is 2.38 bits per heavy atom. The van der Waals surface area contributed by atoms with E-state index in [0.29, 0.717) is 17.9 Å². The Hall–Kier alpha value is -1.76. The SMILES string of the molecule is CCC(C(=O)NC(C)C(C)C)N(c1cccc(OC)c1)S(C)(=O)=O. The molecule has 7 heteroatoms. The predicted molar refractivity (Wildman–Crippen MR) is 96.8 cm³/mol. The average Bonchev–Trinajstić information content (AvgIpc) is 2.50. The summed E-state index contributed by atoms with van der Waals surface area (Å²) in [4.78, 5) is 12.7. The van der Waals surface area contributed by atoms with Crippen LogP contribution < -0.4 is 14.4 Å². The van der Waals surface area contributed by atoms with Crippen LogP contribution in [0.15, 0.2) is 24.3 Å². The van der Waals surface area contributed by atoms with Gasteiger partial charge in [0.15, 0.2) is 0 Å². The van der Waals surface area contributed by atoms with Crippen LogP contribution >= 0.6 is 0 Å². The van der Waals surface area contributed by atoms with Gasteiger partial charge < -0.3 is 10.1 Å². The second-order valence-corrected chi connectivity index (χ2v) is 8.09. The second kappa shape index (κ2) is 8.37. The normalized spacial score (nSPS) is 14.1. The van der Waals surface area contributed by atoms with Gasteiger partial charge in [0.25, 0.3) is 0 Å². The van der Waals surface area contributed by atoms with Crippen LogP contribution in [-0.2, 0) is 14.8 Å². The van der Waals surface area contributed by atoms with Crippen molar-refractivity contribution in [2.45, 2.75) is 46.2 Å². The summed E-state index contributed by atoms with van der Waals surface area (Å²) in [5.41, 5.74) is 0.413. The molecule has 0 aliphatic rings. The highest BCUT2D eigenvalue weighted by molar-refractivity contribution is 7.92. The number of sulfonamides is 1. The van der Waals surface area contributed by atoms with Gasteiger partial charge in [-0.05, 0) is 31.4 Å². The van der Waals surface area contributed by atoms with Crippen LogP contribution in [-0.4, -0.2) is 39.8 Å². The van der Waals surface area contributed by atoms with Crippen molar-refractivity contribution < 1.29 is 17.9 Å². The Kier molecular flexibility index (Phi) is 7.08. The van der Waals surface area contributed by atoms with E-state index < -0.39 is 16.1 Å². The fourth-order valence-electron chi connectivity index (χ4n) is 2.30. The Bertz CT molecular complexity index is 658. The molecule has 0 radical (unpaired) electrons. The first-order valence-electron chi connectivity index (χ1n) is 8.05. The van der Waals surface area contributed by atoms with Crippen molar-refractivity contribution in [3.8, 4) is 5.75 Å². The summed E-state index contributed by atoms with van der Waals surface area (Å²) in [5.74, 6) is 0.494. The minimum Gasteiger partial charge on any atom is -0.497 e. The molecule has 1 N–H and O–H groups in total. The summed E-state index contributed by atoms with van der Waals surface area (Å²) >= 11 is 0. The molecule has 2 unspecified atom stereocenters. The molecule has 0 fully saturated rings. The third-order valence-corrected chi connectivity index (χ3v) is 5.19. The summed E-state index contributed by atoms with van der Waals surface area (Å²) in [6.45, 7) is 7.71. The Balaban J connectivity index is 3.24. The number of carbonyl (C=O) groups excluding carboxylic acids is 1. The van der Waals surface area contributed by atoms with E-state index in [1.807, 2.05) is 20.8 Å². The van der Waals surface area contributed by atoms with E-state index in [-0.39, 0.29) is 17.9 Å². The Labute approximate surface area is 145 Å². The molecule has 0 saturated carbocycles. The highest BCUT2D eigenvalue weighted by Gasteiger charge is 2.32. The van der Waals surface area contributed by atoms with Gasteiger partial charge in [0, 0.05) is 12.1 Å². The highest BCUT2D eigenvalue weighted by Crippen LogP contribution is 2.26. The molecule has 0 aliphatic carbocycles. The van der Waals surface area contributed by atoms with Gasteiger partial charge in [-0.25, -0.2) is 8.42 Å². The summed E-state index contributed by atoms with van der Waals surface area (Å²) in [7, 11) is -2.13. The molecule has 6 nitrogen and oxygen atoms in total. The van der Waals surface area contributed by atoms with Gasteiger partial charge in [0.1, 0.15) is 11.8 Å². The largest absolute Gasteiger partial charge is 0.497 e. The lowest BCUT2D eigenvalue weighted by Gasteiger charge is -2.31. The van der Waals surface area contributed by atoms with Gasteiger partial charge >= 0.3 is 0 Å². The maximum absolute atomic E-state index is 12.7. The minimum absolute atomic E-state index is 0.0433. The molecule has 1 rings (SSSR count). The number of benzene rings is 1. The molecule has 0 heterocycles. The second-order valence-electron chi connectivity index (χ2n) is 6.23. The Morgan fingerprint density at radius 2 is 1.92 bits per heavy atom. The number of carbonyl (C=O) groups is 1. The third kappa shape index (κ3) is 5.12. The van der Waals surface area contributed by atoms with E-state index in [2.05, 4.69) is 5.32 Å². The number of nitrogens with one attached hydrogen (secondary N) is 1. The summed E-state index contributed by atoms with van der Waals surface area (Å²) in [6.07, 6.45) is 1.47. The van der Waals surface area contributed by atoms with Crippen molar-refractivity contribution >= 4 is 21.6 Å². The van der Waals surface area contributed by atoms with Crippen LogP contribution in [0.5, 0.6) is 5.75 Å². The van der Waals surface area contributed by atoms with Crippen LogP contribution in [0.2, 0.25) is 0 Å². The smallest absolute Gasteiger partial charge is 0.244 e. The fourth-order valence-corrected chi connectivity index (χ4v) is 3.50. The molecule has 0 aliphatic heterocycles. The van der Waals surface area contributed by atoms with Crippen molar-refractivity contribution in [2.75, 3.05) is 17.7 Å². The number of anilines is 1. The molecule has 2 atom stereocenters. The van der Waals surface area contributed by atoms with Crippen molar-refractivity contribution in [3.05, 3.63) is 24.3 Å². The lowest BCUT2D eigenvalue weighted by molar-refractivity contribution is -0.123. The predicted octanol–water partition coefficient (Wildman–Crippen LogP) is 2.40. The maximum atomic E-state index is 12.7. The topological polar surface area (TPSA) is 75.7 Å². The fraction of sp³-hybridized carbons (Fsp3) is 0.588. The van der Waals surface area contributed by atoms with E-state index in [9.17, 15) is 13.2 Å². The third-order valence-electron chi connectivity index (χ3n) is 4.01. The van der Waals surface area contributed by atoms with Gasteiger partial charge in [0.05, 0.1) is 19.1 Å². The molecule has 0 spiro atoms. The zero-order valence-corrected chi connectivity index (χ0v) is 16.1. The van der Waals surface area contributed by atoms with Crippen LogP contribution in [0.25, 0.3) is 0 Å². The lowest BCUT2D eigenvalue weighted by Crippen LogP contribution is -2.51. The van der Waals surface area contributed by atoms with Gasteiger partial charge in [-0.3, -0.25) is 9.10 Å². The first kappa shape index (κ1) is 20.3. The van der Waals surface area contributed by atoms with Gasteiger partial charge in [-0.2, -0.15) is 0 Å². The van der Waals surface area contributed by atoms with Crippen molar-refractivity contribution in [1.82, 2.24) is 5.32 Å². The van der Waals surface area contributed by atoms with E-state index in [1.165, 1.54) is 7.11 Å². The molecule has 0 bridgehead atoms. The molecule has 0 saturated heterocycles. The van der Waals surface area contributed by atoms with Crippen LogP contribution in [0, 0.1) is 5.92 Å². The molecule has 24 heavy (non-hydrogen) atoms. The first-order chi connectivity index (χ1) is 11.1. The van der Waals surface area contributed by atoms with Gasteiger partial charge in [0.2, 0.25) is 15.9 Å². The monoisotopic (exact) mass is 356 g/mol. The number of rotatable bonds is 8. The van der Waals surface area contributed by atoms with E-state index in [1.54, 1.807) is 31.2 Å². The van der Waals surface area contributed by atoms with Crippen molar-refractivity contribution in [1.29, 1.82) is 0 Å². The van der Waals surface area contributed by atoms with E-state index in [4.69, 9.17) is 4.74 Å². The Morgan fingerprint density at radius 1 is 1.29 bits per heavy atom. The van der Waals surface area contributed by atoms with Crippen LogP contribution in [0.3, 0.4) is 0 Å². The standard InChI is InChI=1S/C17H28N2O4S/c1-7-16(17(20)18-13(4)12(2)3)19(24(6,21)22)14-9-8-10-15(11-14)23-5/h8-13,16H,7H2,1-6H3,(H,18,20). The van der Waals surface area contributed by atoms with E-state index >= 15 is 0 Å².